The van der Waals surface area contributed by atoms with Crippen molar-refractivity contribution in [3.63, 3.8) is 0 Å². The summed E-state index contributed by atoms with van der Waals surface area (Å²) in [7, 11) is 0. The van der Waals surface area contributed by atoms with Crippen LogP contribution < -0.4 is 0 Å². The molecule has 0 aliphatic rings. The smallest absolute Gasteiger partial charge is 0.263 e. The van der Waals surface area contributed by atoms with E-state index >= 15 is 0 Å². The molecule has 0 radical (unpaired) electrons. The molecular weight excluding hydrogens is 273 g/mol. The molecule has 1 nitrogen and oxygen atoms in total. The zero-order chi connectivity index (χ0) is 10.9. The van der Waals surface area contributed by atoms with Crippen LogP contribution >= 0.6 is 15.9 Å². The predicted octanol–water partition coefficient (Wildman–Crippen LogP) is 3.80. The first-order valence-corrected chi connectivity index (χ1v) is 4.12. The van der Waals surface area contributed by atoms with Crippen molar-refractivity contribution in [2.75, 3.05) is 0 Å². The standard InChI is InChI=1S/C7H3BrF5N/c8-4-2-14-1-3(7(11,12)13)5(4)6(9)10/h1-2,6H. The Balaban J connectivity index is 3.36. The molecular formula is C7H3BrF5N. The maximum Gasteiger partial charge on any atom is 0.418 e. The molecule has 0 spiro atoms. The zero-order valence-electron chi connectivity index (χ0n) is 6.45. The molecule has 1 rings (SSSR count). The Morgan fingerprint density at radius 2 is 1.79 bits per heavy atom. The van der Waals surface area contributed by atoms with E-state index in [2.05, 4.69) is 20.9 Å². The zero-order valence-corrected chi connectivity index (χ0v) is 8.03. The monoisotopic (exact) mass is 275 g/mol. The molecule has 0 saturated carbocycles. The van der Waals surface area contributed by atoms with Crippen molar-refractivity contribution in [1.29, 1.82) is 0 Å². The molecule has 0 unspecified atom stereocenters. The molecule has 0 saturated heterocycles. The summed E-state index contributed by atoms with van der Waals surface area (Å²) in [6, 6.07) is 0. The third-order valence-corrected chi connectivity index (χ3v) is 2.09. The van der Waals surface area contributed by atoms with Crippen molar-refractivity contribution < 1.29 is 22.0 Å². The van der Waals surface area contributed by atoms with E-state index in [1.165, 1.54) is 0 Å². The Kier molecular flexibility index (Phi) is 3.08. The van der Waals surface area contributed by atoms with Crippen LogP contribution in [0.15, 0.2) is 16.9 Å². The summed E-state index contributed by atoms with van der Waals surface area (Å²) >= 11 is 2.60. The molecule has 78 valence electrons. The highest BCUT2D eigenvalue weighted by molar-refractivity contribution is 9.10. The Morgan fingerprint density at radius 3 is 2.14 bits per heavy atom. The van der Waals surface area contributed by atoms with E-state index in [0.29, 0.717) is 6.20 Å². The molecule has 0 fully saturated rings. The van der Waals surface area contributed by atoms with Crippen LogP contribution in [0.5, 0.6) is 0 Å². The second-order valence-corrected chi connectivity index (χ2v) is 3.24. The van der Waals surface area contributed by atoms with Crippen LogP contribution in [0, 0.1) is 0 Å². The lowest BCUT2D eigenvalue weighted by Gasteiger charge is -2.12. The number of pyridine rings is 1. The average molecular weight is 276 g/mol. The van der Waals surface area contributed by atoms with E-state index in [-0.39, 0.29) is 4.47 Å². The minimum Gasteiger partial charge on any atom is -0.263 e. The van der Waals surface area contributed by atoms with Gasteiger partial charge in [0.2, 0.25) is 0 Å². The third-order valence-electron chi connectivity index (χ3n) is 1.46. The summed E-state index contributed by atoms with van der Waals surface area (Å²) < 4.78 is 60.8. The lowest BCUT2D eigenvalue weighted by atomic mass is 10.1. The Labute approximate surface area is 84.1 Å². The average Bonchev–Trinajstić information content (AvgIpc) is 2.01. The molecule has 0 atom stereocenters. The van der Waals surface area contributed by atoms with Gasteiger partial charge >= 0.3 is 6.18 Å². The first kappa shape index (κ1) is 11.4. The lowest BCUT2D eigenvalue weighted by molar-refractivity contribution is -0.139. The largest absolute Gasteiger partial charge is 0.418 e. The van der Waals surface area contributed by atoms with Gasteiger partial charge in [0.1, 0.15) is 0 Å². The van der Waals surface area contributed by atoms with Crippen LogP contribution in [0.25, 0.3) is 0 Å². The van der Waals surface area contributed by atoms with Gasteiger partial charge < -0.3 is 0 Å². The van der Waals surface area contributed by atoms with Crippen molar-refractivity contribution in [2.45, 2.75) is 12.6 Å². The van der Waals surface area contributed by atoms with Gasteiger partial charge in [-0.15, -0.1) is 0 Å². The summed E-state index contributed by atoms with van der Waals surface area (Å²) in [6.07, 6.45) is -6.73. The first-order chi connectivity index (χ1) is 6.34. The normalized spacial score (nSPS) is 12.2. The lowest BCUT2D eigenvalue weighted by Crippen LogP contribution is -2.10. The minimum absolute atomic E-state index is 0.345. The Bertz CT molecular complexity index is 335. The number of halogens is 6. The second-order valence-electron chi connectivity index (χ2n) is 2.38. The first-order valence-electron chi connectivity index (χ1n) is 3.32. The SMILES string of the molecule is FC(F)c1c(Br)cncc1C(F)(F)F. The van der Waals surface area contributed by atoms with Crippen molar-refractivity contribution in [1.82, 2.24) is 4.98 Å². The Morgan fingerprint density at radius 1 is 1.21 bits per heavy atom. The number of alkyl halides is 5. The van der Waals surface area contributed by atoms with Gasteiger partial charge in [0.05, 0.1) is 5.56 Å². The molecule has 0 aromatic carbocycles. The highest BCUT2D eigenvalue weighted by atomic mass is 79.9. The number of rotatable bonds is 1. The third kappa shape index (κ3) is 2.20. The minimum atomic E-state index is -4.82. The molecule has 0 bridgehead atoms. The quantitative estimate of drug-likeness (QED) is 0.711. The van der Waals surface area contributed by atoms with Crippen LogP contribution in [-0.4, -0.2) is 4.98 Å². The summed E-state index contributed by atoms with van der Waals surface area (Å²) in [6.45, 7) is 0. The number of aromatic nitrogens is 1. The molecule has 14 heavy (non-hydrogen) atoms. The van der Waals surface area contributed by atoms with E-state index in [1.54, 1.807) is 0 Å². The van der Waals surface area contributed by atoms with Crippen molar-refractivity contribution in [2.24, 2.45) is 0 Å². The topological polar surface area (TPSA) is 12.9 Å². The Hall–Kier alpha value is -0.720. The molecule has 0 N–H and O–H groups in total. The van der Waals surface area contributed by atoms with E-state index in [1.807, 2.05) is 0 Å². The number of nitrogens with zero attached hydrogens (tertiary/aromatic N) is 1. The number of hydrogen-bond acceptors (Lipinski definition) is 1. The van der Waals surface area contributed by atoms with Crippen LogP contribution in [0.2, 0.25) is 0 Å². The van der Waals surface area contributed by atoms with Crippen LogP contribution in [0.1, 0.15) is 17.6 Å². The van der Waals surface area contributed by atoms with Gasteiger partial charge in [-0.3, -0.25) is 4.98 Å². The van der Waals surface area contributed by atoms with Gasteiger partial charge in [-0.25, -0.2) is 8.78 Å². The molecule has 1 heterocycles. The van der Waals surface area contributed by atoms with E-state index < -0.39 is 23.7 Å². The molecule has 1 aromatic rings. The summed E-state index contributed by atoms with van der Waals surface area (Å²) in [5.74, 6) is 0. The fourth-order valence-corrected chi connectivity index (χ4v) is 1.40. The molecule has 0 aliphatic carbocycles. The summed E-state index contributed by atoms with van der Waals surface area (Å²) in [5.41, 5.74) is -2.49. The van der Waals surface area contributed by atoms with Crippen molar-refractivity contribution in [3.05, 3.63) is 28.0 Å². The van der Waals surface area contributed by atoms with E-state index in [4.69, 9.17) is 0 Å². The fraction of sp³-hybridized carbons (Fsp3) is 0.286. The predicted molar refractivity (Wildman–Crippen MR) is 41.9 cm³/mol. The van der Waals surface area contributed by atoms with Gasteiger partial charge in [0, 0.05) is 22.4 Å². The van der Waals surface area contributed by atoms with Crippen LogP contribution in [-0.2, 0) is 6.18 Å². The maximum atomic E-state index is 12.3. The molecule has 0 amide bonds. The van der Waals surface area contributed by atoms with Crippen LogP contribution in [0.3, 0.4) is 0 Å². The van der Waals surface area contributed by atoms with E-state index in [0.717, 1.165) is 6.20 Å². The molecule has 1 aromatic heterocycles. The molecule has 7 heteroatoms. The van der Waals surface area contributed by atoms with Gasteiger partial charge in [0.25, 0.3) is 6.43 Å². The van der Waals surface area contributed by atoms with Gasteiger partial charge in [-0.1, -0.05) is 0 Å². The van der Waals surface area contributed by atoms with Gasteiger partial charge in [-0.05, 0) is 15.9 Å². The fourth-order valence-electron chi connectivity index (χ4n) is 0.893. The van der Waals surface area contributed by atoms with E-state index in [9.17, 15) is 22.0 Å². The van der Waals surface area contributed by atoms with Crippen molar-refractivity contribution in [3.8, 4) is 0 Å². The highest BCUT2D eigenvalue weighted by Crippen LogP contribution is 2.38. The maximum absolute atomic E-state index is 12.3. The summed E-state index contributed by atoms with van der Waals surface area (Å²) in [4.78, 5) is 3.19. The van der Waals surface area contributed by atoms with Gasteiger partial charge in [0.15, 0.2) is 0 Å². The van der Waals surface area contributed by atoms with Crippen molar-refractivity contribution >= 4 is 15.9 Å². The second kappa shape index (κ2) is 3.80. The van der Waals surface area contributed by atoms with Gasteiger partial charge in [-0.2, -0.15) is 13.2 Å². The highest BCUT2D eigenvalue weighted by Gasteiger charge is 2.37. The summed E-state index contributed by atoms with van der Waals surface area (Å²) in [5, 5.41) is 0. The number of hydrogen-bond donors (Lipinski definition) is 0. The molecule has 0 aliphatic heterocycles. The van der Waals surface area contributed by atoms with Crippen LogP contribution in [0.4, 0.5) is 22.0 Å².